The van der Waals surface area contributed by atoms with Gasteiger partial charge in [-0.1, -0.05) is 237 Å². The minimum absolute atomic E-state index is 0.00131. The van der Waals surface area contributed by atoms with Crippen LogP contribution in [0.3, 0.4) is 0 Å². The summed E-state index contributed by atoms with van der Waals surface area (Å²) in [6.45, 7) is 5.49. The average molecular weight is 909 g/mol. The van der Waals surface area contributed by atoms with Gasteiger partial charge in [-0.05, 0) is 58.3 Å². The third-order valence-corrected chi connectivity index (χ3v) is 12.8. The Kier molecular flexibility index (Phi) is 48.3. The number of unbranched alkanes of at least 4 members (excludes halogenated alkanes) is 32. The number of phosphoric ester groups is 1. The van der Waals surface area contributed by atoms with Crippen LogP contribution >= 0.6 is 7.82 Å². The zero-order valence-corrected chi connectivity index (χ0v) is 42.4. The standard InChI is InChI=1S/C54H101O8P/c1-4-7-9-11-13-15-17-19-21-23-25-26-27-28-29-31-32-34-36-38-40-42-44-46-48-53(55)59-50-52(51-61-63(57,58)60-6-3)62-54(56)49-47-45-43-41-39-37-35-33-30-24-22-20-18-16-14-12-10-8-5-2/h14,16,20,22,30,33,52H,4-13,15,17-19,21,23-29,31-32,34-51H2,1-3H3,(H,57,58)/b16-14-,22-20-,33-30-. The molecule has 63 heavy (non-hydrogen) atoms. The lowest BCUT2D eigenvalue weighted by atomic mass is 10.0. The van der Waals surface area contributed by atoms with Gasteiger partial charge in [-0.15, -0.1) is 0 Å². The number of hydrogen-bond donors (Lipinski definition) is 1. The molecule has 0 aromatic heterocycles. The second kappa shape index (κ2) is 49.7. The number of rotatable bonds is 50. The highest BCUT2D eigenvalue weighted by molar-refractivity contribution is 7.47. The smallest absolute Gasteiger partial charge is 0.462 e. The Balaban J connectivity index is 3.93. The highest BCUT2D eigenvalue weighted by Crippen LogP contribution is 2.43. The molecule has 2 unspecified atom stereocenters. The van der Waals surface area contributed by atoms with Crippen LogP contribution in [0.5, 0.6) is 0 Å². The van der Waals surface area contributed by atoms with Crippen LogP contribution in [0.25, 0.3) is 0 Å². The van der Waals surface area contributed by atoms with E-state index in [1.54, 1.807) is 6.92 Å². The van der Waals surface area contributed by atoms with E-state index in [9.17, 15) is 19.0 Å². The zero-order valence-electron chi connectivity index (χ0n) is 41.5. The van der Waals surface area contributed by atoms with Crippen LogP contribution in [-0.2, 0) is 32.7 Å². The molecule has 0 saturated carbocycles. The quantitative estimate of drug-likeness (QED) is 0.0278. The summed E-state index contributed by atoms with van der Waals surface area (Å²) in [5, 5.41) is 0. The van der Waals surface area contributed by atoms with Crippen LogP contribution in [-0.4, -0.2) is 42.8 Å². The summed E-state index contributed by atoms with van der Waals surface area (Å²) in [5.74, 6) is -0.799. The SMILES string of the molecule is CCCCC/C=C\C/C=C\C/C=C\CCCCCCCCC(=O)OC(COC(=O)CCCCCCCCCCCCCCCCCCCCCCCCCC)COP(=O)(O)OCC. The second-order valence-electron chi connectivity index (χ2n) is 17.9. The number of carbonyl (C=O) groups is 2. The molecule has 0 aliphatic carbocycles. The van der Waals surface area contributed by atoms with Gasteiger partial charge in [0.1, 0.15) is 6.61 Å². The summed E-state index contributed by atoms with van der Waals surface area (Å²) in [4.78, 5) is 35.0. The van der Waals surface area contributed by atoms with Crippen LogP contribution in [0.15, 0.2) is 36.5 Å². The third kappa shape index (κ3) is 49.5. The summed E-state index contributed by atoms with van der Waals surface area (Å²) in [5.41, 5.74) is 0. The highest BCUT2D eigenvalue weighted by Gasteiger charge is 2.25. The Hall–Kier alpha value is -1.73. The molecule has 9 heteroatoms. The molecule has 0 aliphatic heterocycles. The minimum Gasteiger partial charge on any atom is -0.462 e. The van der Waals surface area contributed by atoms with Gasteiger partial charge < -0.3 is 14.4 Å². The van der Waals surface area contributed by atoms with Gasteiger partial charge in [0.25, 0.3) is 0 Å². The maximum absolute atomic E-state index is 12.6. The van der Waals surface area contributed by atoms with Crippen molar-refractivity contribution in [2.45, 2.75) is 277 Å². The fourth-order valence-electron chi connectivity index (χ4n) is 7.76. The van der Waals surface area contributed by atoms with Gasteiger partial charge in [-0.3, -0.25) is 18.6 Å². The molecule has 8 nitrogen and oxygen atoms in total. The molecule has 0 aromatic carbocycles. The molecular weight excluding hydrogens is 808 g/mol. The first-order valence-electron chi connectivity index (χ1n) is 26.8. The molecule has 0 spiro atoms. The van der Waals surface area contributed by atoms with Crippen molar-refractivity contribution in [3.05, 3.63) is 36.5 Å². The first-order valence-corrected chi connectivity index (χ1v) is 28.3. The van der Waals surface area contributed by atoms with Crippen LogP contribution in [0.1, 0.15) is 271 Å². The van der Waals surface area contributed by atoms with Crippen LogP contribution < -0.4 is 0 Å². The summed E-state index contributed by atoms with van der Waals surface area (Å²) < 4.78 is 32.8. The van der Waals surface area contributed by atoms with Crippen molar-refractivity contribution in [2.24, 2.45) is 0 Å². The van der Waals surface area contributed by atoms with E-state index in [-0.39, 0.29) is 25.6 Å². The molecule has 0 bridgehead atoms. The van der Waals surface area contributed by atoms with Crippen molar-refractivity contribution in [1.29, 1.82) is 0 Å². The molecule has 0 radical (unpaired) electrons. The lowest BCUT2D eigenvalue weighted by Crippen LogP contribution is -2.29. The molecule has 0 fully saturated rings. The van der Waals surface area contributed by atoms with Gasteiger partial charge in [0.05, 0.1) is 13.2 Å². The summed E-state index contributed by atoms with van der Waals surface area (Å²) >= 11 is 0. The maximum Gasteiger partial charge on any atom is 0.472 e. The number of carbonyl (C=O) groups excluding carboxylic acids is 2. The lowest BCUT2D eigenvalue weighted by Gasteiger charge is -2.19. The van der Waals surface area contributed by atoms with E-state index in [0.717, 1.165) is 57.8 Å². The minimum atomic E-state index is -4.29. The van der Waals surface area contributed by atoms with E-state index < -0.39 is 26.5 Å². The molecule has 0 amide bonds. The fourth-order valence-corrected chi connectivity index (χ4v) is 8.51. The van der Waals surface area contributed by atoms with Gasteiger partial charge >= 0.3 is 19.8 Å². The highest BCUT2D eigenvalue weighted by atomic mass is 31.2. The van der Waals surface area contributed by atoms with Crippen molar-refractivity contribution in [3.63, 3.8) is 0 Å². The van der Waals surface area contributed by atoms with Crippen molar-refractivity contribution in [2.75, 3.05) is 19.8 Å². The lowest BCUT2D eigenvalue weighted by molar-refractivity contribution is -0.161. The molecule has 2 atom stereocenters. The Bertz CT molecular complexity index is 1120. The van der Waals surface area contributed by atoms with Crippen molar-refractivity contribution < 1.29 is 37.6 Å². The average Bonchev–Trinajstić information content (AvgIpc) is 3.26. The predicted octanol–water partition coefficient (Wildman–Crippen LogP) is 17.5. The maximum atomic E-state index is 12.6. The number of hydrogen-bond acceptors (Lipinski definition) is 7. The molecule has 0 aliphatic rings. The van der Waals surface area contributed by atoms with Gasteiger partial charge in [-0.25, -0.2) is 4.57 Å². The van der Waals surface area contributed by atoms with Gasteiger partial charge in [-0.2, -0.15) is 0 Å². The monoisotopic (exact) mass is 909 g/mol. The van der Waals surface area contributed by atoms with Crippen LogP contribution in [0, 0.1) is 0 Å². The molecular formula is C54H101O8P. The fraction of sp³-hybridized carbons (Fsp3) is 0.852. The summed E-state index contributed by atoms with van der Waals surface area (Å²) in [6.07, 6.45) is 59.3. The van der Waals surface area contributed by atoms with E-state index in [0.29, 0.717) is 12.8 Å². The number of ether oxygens (including phenoxy) is 2. The summed E-state index contributed by atoms with van der Waals surface area (Å²) in [7, 11) is -4.29. The molecule has 370 valence electrons. The summed E-state index contributed by atoms with van der Waals surface area (Å²) in [6, 6.07) is 0. The van der Waals surface area contributed by atoms with E-state index >= 15 is 0 Å². The van der Waals surface area contributed by atoms with E-state index in [4.69, 9.17) is 18.5 Å². The Morgan fingerprint density at radius 1 is 0.429 bits per heavy atom. The zero-order chi connectivity index (χ0) is 46.0. The van der Waals surface area contributed by atoms with Gasteiger partial charge in [0.2, 0.25) is 0 Å². The molecule has 0 heterocycles. The topological polar surface area (TPSA) is 108 Å². The first-order chi connectivity index (χ1) is 30.8. The Morgan fingerprint density at radius 2 is 0.762 bits per heavy atom. The van der Waals surface area contributed by atoms with Crippen LogP contribution in [0.2, 0.25) is 0 Å². The Morgan fingerprint density at radius 3 is 1.17 bits per heavy atom. The largest absolute Gasteiger partial charge is 0.472 e. The van der Waals surface area contributed by atoms with Gasteiger partial charge in [0.15, 0.2) is 6.10 Å². The van der Waals surface area contributed by atoms with Gasteiger partial charge in [0, 0.05) is 12.8 Å². The third-order valence-electron chi connectivity index (χ3n) is 11.7. The van der Waals surface area contributed by atoms with Crippen molar-refractivity contribution in [1.82, 2.24) is 0 Å². The normalized spacial score (nSPS) is 13.4. The first kappa shape index (κ1) is 61.3. The Labute approximate surface area is 389 Å². The number of phosphoric acid groups is 1. The van der Waals surface area contributed by atoms with Crippen molar-refractivity contribution in [3.8, 4) is 0 Å². The van der Waals surface area contributed by atoms with E-state index in [1.807, 2.05) is 0 Å². The molecule has 0 saturated heterocycles. The molecule has 0 rings (SSSR count). The molecule has 0 aromatic rings. The predicted molar refractivity (Wildman–Crippen MR) is 267 cm³/mol. The van der Waals surface area contributed by atoms with Crippen molar-refractivity contribution >= 4 is 19.8 Å². The van der Waals surface area contributed by atoms with E-state index in [2.05, 4.69) is 50.3 Å². The van der Waals surface area contributed by atoms with E-state index in [1.165, 1.54) is 173 Å². The molecule has 1 N–H and O–H groups in total. The second-order valence-corrected chi connectivity index (χ2v) is 19.4. The van der Waals surface area contributed by atoms with Crippen LogP contribution in [0.4, 0.5) is 0 Å². The number of allylic oxidation sites excluding steroid dienone is 6. The number of esters is 2.